The van der Waals surface area contributed by atoms with Crippen molar-refractivity contribution in [1.82, 2.24) is 5.32 Å². The molecule has 3 fully saturated rings. The lowest BCUT2D eigenvalue weighted by Gasteiger charge is -2.72. The second-order valence-corrected chi connectivity index (χ2v) is 6.58. The van der Waals surface area contributed by atoms with E-state index in [0.29, 0.717) is 16.7 Å². The van der Waals surface area contributed by atoms with E-state index in [2.05, 4.69) is 50.5 Å². The molecule has 0 aliphatic heterocycles. The summed E-state index contributed by atoms with van der Waals surface area (Å²) in [6.45, 7) is 5.83. The Balaban J connectivity index is 1.84. The highest BCUT2D eigenvalue weighted by atomic mass is 14.9. The Morgan fingerprint density at radius 2 is 1.82 bits per heavy atom. The Labute approximate surface area is 105 Å². The van der Waals surface area contributed by atoms with Crippen LogP contribution in [0.1, 0.15) is 50.2 Å². The first-order valence-corrected chi connectivity index (χ1v) is 6.85. The van der Waals surface area contributed by atoms with E-state index in [1.807, 2.05) is 0 Å². The van der Waals surface area contributed by atoms with E-state index in [9.17, 15) is 0 Å². The first kappa shape index (κ1) is 11.3. The van der Waals surface area contributed by atoms with Gasteiger partial charge in [-0.2, -0.15) is 0 Å². The third kappa shape index (κ3) is 1.48. The standard InChI is InChI=1S/C16H23N/c1-12(2)13-6-4-5-7-14(13)16-8-15(9-16,10-16)11-17-3/h4-7,12,17H,8-11H2,1-3H3. The Morgan fingerprint density at radius 1 is 1.18 bits per heavy atom. The van der Waals surface area contributed by atoms with Gasteiger partial charge in [0.25, 0.3) is 0 Å². The van der Waals surface area contributed by atoms with E-state index in [-0.39, 0.29) is 0 Å². The zero-order valence-corrected chi connectivity index (χ0v) is 11.2. The minimum Gasteiger partial charge on any atom is -0.319 e. The Bertz CT molecular complexity index is 413. The van der Waals surface area contributed by atoms with Crippen molar-refractivity contribution in [3.8, 4) is 0 Å². The first-order chi connectivity index (χ1) is 8.11. The summed E-state index contributed by atoms with van der Waals surface area (Å²) in [6.07, 6.45) is 4.22. The summed E-state index contributed by atoms with van der Waals surface area (Å²) in [5.41, 5.74) is 4.43. The Kier molecular flexibility index (Phi) is 2.38. The summed E-state index contributed by atoms with van der Waals surface area (Å²) in [5.74, 6) is 0.653. The van der Waals surface area contributed by atoms with Gasteiger partial charge < -0.3 is 5.32 Å². The van der Waals surface area contributed by atoms with Crippen molar-refractivity contribution in [2.45, 2.75) is 44.4 Å². The molecular weight excluding hydrogens is 206 g/mol. The highest BCUT2D eigenvalue weighted by Crippen LogP contribution is 2.73. The number of hydrogen-bond acceptors (Lipinski definition) is 1. The SMILES string of the molecule is CNCC12CC(c3ccccc3C(C)C)(C1)C2. The van der Waals surface area contributed by atoms with Crippen molar-refractivity contribution in [2.24, 2.45) is 5.41 Å². The van der Waals surface area contributed by atoms with Crippen LogP contribution >= 0.6 is 0 Å². The number of nitrogens with one attached hydrogen (secondary N) is 1. The minimum atomic E-state index is 0.553. The highest BCUT2D eigenvalue weighted by molar-refractivity contribution is 5.44. The lowest BCUT2D eigenvalue weighted by molar-refractivity contribution is -0.137. The van der Waals surface area contributed by atoms with Gasteiger partial charge in [-0.1, -0.05) is 38.1 Å². The van der Waals surface area contributed by atoms with Gasteiger partial charge >= 0.3 is 0 Å². The molecule has 0 spiro atoms. The number of benzene rings is 1. The molecule has 2 bridgehead atoms. The number of hydrogen-bond donors (Lipinski definition) is 1. The van der Waals surface area contributed by atoms with Gasteiger partial charge in [0, 0.05) is 6.54 Å². The monoisotopic (exact) mass is 229 g/mol. The van der Waals surface area contributed by atoms with Gasteiger partial charge in [0.15, 0.2) is 0 Å². The molecule has 1 aromatic carbocycles. The molecule has 17 heavy (non-hydrogen) atoms. The van der Waals surface area contributed by atoms with E-state index in [0.717, 1.165) is 0 Å². The van der Waals surface area contributed by atoms with Crippen molar-refractivity contribution in [3.63, 3.8) is 0 Å². The summed E-state index contributed by atoms with van der Waals surface area (Å²) >= 11 is 0. The molecular formula is C16H23N. The molecule has 3 aliphatic rings. The molecule has 1 heteroatoms. The maximum atomic E-state index is 3.35. The van der Waals surface area contributed by atoms with Gasteiger partial charge in [0.2, 0.25) is 0 Å². The van der Waals surface area contributed by atoms with E-state index in [1.54, 1.807) is 11.1 Å². The van der Waals surface area contributed by atoms with Crippen LogP contribution in [0.25, 0.3) is 0 Å². The van der Waals surface area contributed by atoms with Crippen LogP contribution in [-0.4, -0.2) is 13.6 Å². The van der Waals surface area contributed by atoms with Gasteiger partial charge in [-0.15, -0.1) is 0 Å². The van der Waals surface area contributed by atoms with Crippen molar-refractivity contribution >= 4 is 0 Å². The van der Waals surface area contributed by atoms with Crippen molar-refractivity contribution in [2.75, 3.05) is 13.6 Å². The molecule has 0 radical (unpaired) electrons. The van der Waals surface area contributed by atoms with Gasteiger partial charge in [-0.05, 0) is 54.2 Å². The van der Waals surface area contributed by atoms with Crippen molar-refractivity contribution in [1.29, 1.82) is 0 Å². The highest BCUT2D eigenvalue weighted by Gasteiger charge is 2.67. The molecule has 0 atom stereocenters. The van der Waals surface area contributed by atoms with Crippen LogP contribution in [0.3, 0.4) is 0 Å². The molecule has 3 aliphatic carbocycles. The molecule has 0 amide bonds. The van der Waals surface area contributed by atoms with Crippen LogP contribution in [0.5, 0.6) is 0 Å². The minimum absolute atomic E-state index is 0.553. The second kappa shape index (κ2) is 3.58. The van der Waals surface area contributed by atoms with Crippen LogP contribution in [0.4, 0.5) is 0 Å². The van der Waals surface area contributed by atoms with Gasteiger partial charge in [-0.25, -0.2) is 0 Å². The van der Waals surface area contributed by atoms with E-state index in [1.165, 1.54) is 25.8 Å². The molecule has 0 heterocycles. The van der Waals surface area contributed by atoms with Crippen molar-refractivity contribution < 1.29 is 0 Å². The maximum Gasteiger partial charge on any atom is 0.000577 e. The van der Waals surface area contributed by atoms with E-state index < -0.39 is 0 Å². The summed E-state index contributed by atoms with van der Waals surface area (Å²) in [5, 5.41) is 3.35. The molecule has 0 aromatic heterocycles. The van der Waals surface area contributed by atoms with Gasteiger partial charge in [-0.3, -0.25) is 0 Å². The molecule has 92 valence electrons. The average molecular weight is 229 g/mol. The van der Waals surface area contributed by atoms with Crippen LogP contribution in [0.2, 0.25) is 0 Å². The van der Waals surface area contributed by atoms with Gasteiger partial charge in [0.1, 0.15) is 0 Å². The van der Waals surface area contributed by atoms with E-state index >= 15 is 0 Å². The molecule has 0 unspecified atom stereocenters. The predicted octanol–water partition coefficient (Wildman–Crippen LogP) is 3.45. The summed E-state index contributed by atoms with van der Waals surface area (Å²) in [4.78, 5) is 0. The fourth-order valence-electron chi connectivity index (χ4n) is 4.33. The van der Waals surface area contributed by atoms with Crippen LogP contribution < -0.4 is 5.32 Å². The largest absolute Gasteiger partial charge is 0.319 e. The van der Waals surface area contributed by atoms with Crippen LogP contribution in [0.15, 0.2) is 24.3 Å². The predicted molar refractivity (Wildman–Crippen MR) is 72.4 cm³/mol. The van der Waals surface area contributed by atoms with Crippen LogP contribution in [-0.2, 0) is 5.41 Å². The Morgan fingerprint density at radius 3 is 2.41 bits per heavy atom. The molecule has 3 saturated carbocycles. The molecule has 0 saturated heterocycles. The quantitative estimate of drug-likeness (QED) is 0.834. The van der Waals surface area contributed by atoms with Crippen LogP contribution in [0, 0.1) is 5.41 Å². The zero-order valence-electron chi connectivity index (χ0n) is 11.2. The summed E-state index contributed by atoms with van der Waals surface area (Å²) in [6, 6.07) is 9.10. The topological polar surface area (TPSA) is 12.0 Å². The molecule has 1 nitrogen and oxygen atoms in total. The summed E-state index contributed by atoms with van der Waals surface area (Å²) in [7, 11) is 2.08. The normalized spacial score (nSPS) is 34.4. The zero-order chi connectivity index (χ0) is 12.1. The maximum absolute atomic E-state index is 3.35. The second-order valence-electron chi connectivity index (χ2n) is 6.58. The lowest BCUT2D eigenvalue weighted by Crippen LogP contribution is -2.67. The molecule has 4 rings (SSSR count). The number of rotatable bonds is 4. The first-order valence-electron chi connectivity index (χ1n) is 6.85. The molecule has 1 N–H and O–H groups in total. The third-order valence-electron chi connectivity index (χ3n) is 4.85. The van der Waals surface area contributed by atoms with Gasteiger partial charge in [0.05, 0.1) is 0 Å². The summed E-state index contributed by atoms with van der Waals surface area (Å²) < 4.78 is 0. The molecule has 1 aromatic rings. The fraction of sp³-hybridized carbons (Fsp3) is 0.625. The van der Waals surface area contributed by atoms with E-state index in [4.69, 9.17) is 0 Å². The Hall–Kier alpha value is -0.820. The lowest BCUT2D eigenvalue weighted by atomic mass is 9.33. The van der Waals surface area contributed by atoms with Crippen molar-refractivity contribution in [3.05, 3.63) is 35.4 Å². The third-order valence-corrected chi connectivity index (χ3v) is 4.85. The fourth-order valence-corrected chi connectivity index (χ4v) is 4.33. The average Bonchev–Trinajstić information content (AvgIpc) is 2.21. The smallest absolute Gasteiger partial charge is 0.000577 e.